The first-order valence-corrected chi connectivity index (χ1v) is 7.69. The Kier molecular flexibility index (Phi) is 2.81. The highest BCUT2D eigenvalue weighted by atomic mass is 32.2. The second-order valence-corrected chi connectivity index (χ2v) is 6.86. The highest BCUT2D eigenvalue weighted by Gasteiger charge is 2.65. The minimum atomic E-state index is -4.56. The van der Waals surface area contributed by atoms with E-state index in [1.54, 1.807) is 6.07 Å². The van der Waals surface area contributed by atoms with Crippen LogP contribution in [0.3, 0.4) is 0 Å². The van der Waals surface area contributed by atoms with Crippen molar-refractivity contribution in [3.05, 3.63) is 23.8 Å². The first-order valence-electron chi connectivity index (χ1n) is 6.21. The monoisotopic (exact) mass is 306 g/mol. The van der Waals surface area contributed by atoms with Gasteiger partial charge >= 0.3 is 6.18 Å². The lowest BCUT2D eigenvalue weighted by Gasteiger charge is -2.20. The molecule has 1 aliphatic carbocycles. The quantitative estimate of drug-likeness (QED) is 0.898. The zero-order valence-electron chi connectivity index (χ0n) is 10.4. The maximum absolute atomic E-state index is 12.8. The minimum absolute atomic E-state index is 0.138. The van der Waals surface area contributed by atoms with Crippen molar-refractivity contribution < 1.29 is 21.6 Å². The number of halogens is 3. The maximum Gasteiger partial charge on any atom is 0.407 e. The summed E-state index contributed by atoms with van der Waals surface area (Å²) in [5, 5.41) is 3.01. The van der Waals surface area contributed by atoms with Crippen LogP contribution in [-0.2, 0) is 16.4 Å². The van der Waals surface area contributed by atoms with Gasteiger partial charge in [-0.15, -0.1) is 0 Å². The lowest BCUT2D eigenvalue weighted by molar-refractivity contribution is -0.160. The number of alkyl halides is 3. The Morgan fingerprint density at radius 3 is 2.55 bits per heavy atom. The van der Waals surface area contributed by atoms with Gasteiger partial charge in [0.2, 0.25) is 10.0 Å². The second kappa shape index (κ2) is 4.11. The molecular weight excluding hydrogens is 293 g/mol. The number of benzene rings is 1. The Balaban J connectivity index is 1.90. The fourth-order valence-corrected chi connectivity index (χ4v) is 3.79. The van der Waals surface area contributed by atoms with Crippen LogP contribution in [0.15, 0.2) is 23.1 Å². The van der Waals surface area contributed by atoms with E-state index < -0.39 is 21.7 Å². The van der Waals surface area contributed by atoms with Crippen LogP contribution < -0.4 is 10.0 Å². The van der Waals surface area contributed by atoms with Gasteiger partial charge < -0.3 is 5.32 Å². The van der Waals surface area contributed by atoms with Crippen molar-refractivity contribution in [2.75, 3.05) is 11.9 Å². The van der Waals surface area contributed by atoms with E-state index >= 15 is 0 Å². The molecule has 1 fully saturated rings. The van der Waals surface area contributed by atoms with E-state index in [4.69, 9.17) is 0 Å². The second-order valence-electron chi connectivity index (χ2n) is 5.18. The van der Waals surface area contributed by atoms with Gasteiger partial charge in [-0.1, -0.05) is 6.07 Å². The van der Waals surface area contributed by atoms with Gasteiger partial charge in [-0.3, -0.25) is 0 Å². The fourth-order valence-electron chi connectivity index (χ4n) is 2.32. The van der Waals surface area contributed by atoms with Gasteiger partial charge in [-0.25, -0.2) is 8.42 Å². The zero-order valence-corrected chi connectivity index (χ0v) is 11.2. The largest absolute Gasteiger partial charge is 0.407 e. The average molecular weight is 306 g/mol. The van der Waals surface area contributed by atoms with Crippen LogP contribution in [0.4, 0.5) is 18.9 Å². The minimum Gasteiger partial charge on any atom is -0.384 e. The lowest BCUT2D eigenvalue weighted by Crippen LogP contribution is -2.47. The Morgan fingerprint density at radius 2 is 1.95 bits per heavy atom. The molecular formula is C12H13F3N2O2S. The molecule has 0 radical (unpaired) electrons. The molecule has 3 rings (SSSR count). The Labute approximate surface area is 114 Å². The van der Waals surface area contributed by atoms with Crippen molar-refractivity contribution in [1.29, 1.82) is 0 Å². The molecule has 110 valence electrons. The molecule has 1 saturated carbocycles. The Hall–Kier alpha value is -1.28. The van der Waals surface area contributed by atoms with Crippen LogP contribution in [0.25, 0.3) is 0 Å². The van der Waals surface area contributed by atoms with Crippen molar-refractivity contribution >= 4 is 15.7 Å². The summed E-state index contributed by atoms with van der Waals surface area (Å²) in [6, 6.07) is 4.37. The van der Waals surface area contributed by atoms with Crippen LogP contribution in [0.1, 0.15) is 18.4 Å². The van der Waals surface area contributed by atoms with E-state index in [0.717, 1.165) is 12.0 Å². The van der Waals surface area contributed by atoms with E-state index in [1.807, 2.05) is 4.72 Å². The third-order valence-corrected chi connectivity index (χ3v) is 5.26. The normalized spacial score (nSPS) is 20.4. The fraction of sp³-hybridized carbons (Fsp3) is 0.500. The Bertz CT molecular complexity index is 651. The van der Waals surface area contributed by atoms with Gasteiger partial charge in [0.1, 0.15) is 5.54 Å². The molecule has 1 aliphatic heterocycles. The Morgan fingerprint density at radius 1 is 1.25 bits per heavy atom. The number of rotatable bonds is 3. The molecule has 4 nitrogen and oxygen atoms in total. The van der Waals surface area contributed by atoms with Crippen molar-refractivity contribution in [3.63, 3.8) is 0 Å². The van der Waals surface area contributed by atoms with E-state index in [9.17, 15) is 21.6 Å². The predicted octanol–water partition coefficient (Wildman–Crippen LogP) is 2.03. The summed E-state index contributed by atoms with van der Waals surface area (Å²) in [6.07, 6.45) is -4.19. The summed E-state index contributed by atoms with van der Waals surface area (Å²) in [5.41, 5.74) is -0.635. The molecule has 0 atom stereocenters. The first-order chi connectivity index (χ1) is 9.24. The van der Waals surface area contributed by atoms with Crippen LogP contribution in [-0.4, -0.2) is 26.7 Å². The molecule has 2 N–H and O–H groups in total. The molecule has 2 aliphatic rings. The third kappa shape index (κ3) is 2.16. The van der Waals surface area contributed by atoms with Crippen molar-refractivity contribution in [2.45, 2.75) is 35.9 Å². The van der Waals surface area contributed by atoms with Gasteiger partial charge in [-0.05, 0) is 37.0 Å². The standard InChI is InChI=1S/C12H13F3N2O2S/c13-12(14,15)11(4-5-11)17-20(18,19)9-2-1-8-3-6-16-10(8)7-9/h1-2,7,16-17H,3-6H2. The maximum atomic E-state index is 12.8. The zero-order chi connectivity index (χ0) is 14.6. The first kappa shape index (κ1) is 13.7. The van der Waals surface area contributed by atoms with E-state index in [2.05, 4.69) is 5.32 Å². The summed E-state index contributed by atoms with van der Waals surface area (Å²) in [7, 11) is -4.17. The lowest BCUT2D eigenvalue weighted by atomic mass is 10.2. The van der Waals surface area contributed by atoms with Crippen LogP contribution in [0.2, 0.25) is 0 Å². The molecule has 0 saturated heterocycles. The van der Waals surface area contributed by atoms with Crippen LogP contribution in [0.5, 0.6) is 0 Å². The van der Waals surface area contributed by atoms with Crippen LogP contribution >= 0.6 is 0 Å². The number of sulfonamides is 1. The number of nitrogens with one attached hydrogen (secondary N) is 2. The topological polar surface area (TPSA) is 58.2 Å². The highest BCUT2D eigenvalue weighted by molar-refractivity contribution is 7.89. The molecule has 8 heteroatoms. The van der Waals surface area contributed by atoms with Crippen LogP contribution in [0, 0.1) is 0 Å². The van der Waals surface area contributed by atoms with Gasteiger partial charge in [0.05, 0.1) is 4.90 Å². The van der Waals surface area contributed by atoms with Crippen molar-refractivity contribution in [1.82, 2.24) is 4.72 Å². The van der Waals surface area contributed by atoms with Gasteiger partial charge in [0.25, 0.3) is 0 Å². The smallest absolute Gasteiger partial charge is 0.384 e. The SMILES string of the molecule is O=S(=O)(NC1(C(F)(F)F)CC1)c1ccc2c(c1)NCC2. The predicted molar refractivity (Wildman–Crippen MR) is 67.0 cm³/mol. The molecule has 1 aromatic rings. The molecule has 20 heavy (non-hydrogen) atoms. The highest BCUT2D eigenvalue weighted by Crippen LogP contribution is 2.49. The number of fused-ring (bicyclic) bond motifs is 1. The van der Waals surface area contributed by atoms with Gasteiger partial charge in [-0.2, -0.15) is 17.9 Å². The van der Waals surface area contributed by atoms with E-state index in [0.29, 0.717) is 12.2 Å². The van der Waals surface area contributed by atoms with E-state index in [-0.39, 0.29) is 17.7 Å². The van der Waals surface area contributed by atoms with Gasteiger partial charge in [0.15, 0.2) is 0 Å². The summed E-state index contributed by atoms with van der Waals surface area (Å²) in [5.74, 6) is 0. The number of hydrogen-bond donors (Lipinski definition) is 2. The molecule has 0 spiro atoms. The third-order valence-electron chi connectivity index (χ3n) is 3.72. The van der Waals surface area contributed by atoms with Gasteiger partial charge in [0, 0.05) is 12.2 Å². The van der Waals surface area contributed by atoms with Crippen molar-refractivity contribution in [2.24, 2.45) is 0 Å². The van der Waals surface area contributed by atoms with Crippen molar-refractivity contribution in [3.8, 4) is 0 Å². The molecule has 0 bridgehead atoms. The molecule has 0 unspecified atom stereocenters. The number of anilines is 1. The summed E-state index contributed by atoms with van der Waals surface area (Å²) >= 11 is 0. The molecule has 0 amide bonds. The molecule has 0 aromatic heterocycles. The average Bonchev–Trinajstić information content (AvgIpc) is 2.98. The summed E-state index contributed by atoms with van der Waals surface area (Å²) in [6.45, 7) is 0.707. The number of hydrogen-bond acceptors (Lipinski definition) is 3. The molecule has 1 heterocycles. The molecule has 1 aromatic carbocycles. The summed E-state index contributed by atoms with van der Waals surface area (Å²) in [4.78, 5) is -0.138. The van der Waals surface area contributed by atoms with E-state index in [1.165, 1.54) is 12.1 Å². The summed E-state index contributed by atoms with van der Waals surface area (Å²) < 4.78 is 64.5.